The van der Waals surface area contributed by atoms with Crippen LogP contribution in [0.1, 0.15) is 34.7 Å². The van der Waals surface area contributed by atoms with Crippen molar-refractivity contribution in [2.45, 2.75) is 25.2 Å². The molecule has 1 aliphatic heterocycles. The molecule has 1 unspecified atom stereocenters. The topological polar surface area (TPSA) is 76.8 Å². The molecule has 1 atom stereocenters. The average molecular weight is 469 g/mol. The molecular weight excluding hydrogens is 453 g/mol. The van der Waals surface area contributed by atoms with Gasteiger partial charge < -0.3 is 4.90 Å². The minimum atomic E-state index is -4.62. The molecule has 0 radical (unpaired) electrons. The smallest absolute Gasteiger partial charge is 0.324 e. The standard InChI is InChI=1S/C19H16ClF3N6OS/c1-11(16-26-10-27-29(16)18-24-3-2-4-25-18)28(15-8-31-9-15)17(30)12-5-13(19(21,22)23)7-14(20)6-12/h2-7,10-11,15H,8-9H2,1H3. The molecule has 1 aliphatic rings. The van der Waals surface area contributed by atoms with Gasteiger partial charge in [-0.2, -0.15) is 34.7 Å². The highest BCUT2D eigenvalue weighted by atomic mass is 35.5. The number of aromatic nitrogens is 5. The zero-order chi connectivity index (χ0) is 22.2. The van der Waals surface area contributed by atoms with Crippen molar-refractivity contribution in [3.8, 4) is 5.95 Å². The van der Waals surface area contributed by atoms with Gasteiger partial charge in [-0.3, -0.25) is 4.79 Å². The third-order valence-electron chi connectivity index (χ3n) is 4.83. The van der Waals surface area contributed by atoms with Crippen LogP contribution in [0.4, 0.5) is 13.2 Å². The summed E-state index contributed by atoms with van der Waals surface area (Å²) < 4.78 is 41.2. The molecule has 0 aliphatic carbocycles. The maximum atomic E-state index is 13.4. The fourth-order valence-corrected chi connectivity index (χ4v) is 4.28. The van der Waals surface area contributed by atoms with Gasteiger partial charge in [0.05, 0.1) is 17.6 Å². The molecule has 162 valence electrons. The van der Waals surface area contributed by atoms with Crippen LogP contribution in [0.3, 0.4) is 0 Å². The number of benzene rings is 1. The van der Waals surface area contributed by atoms with Gasteiger partial charge in [-0.15, -0.1) is 0 Å². The van der Waals surface area contributed by atoms with Gasteiger partial charge in [-0.05, 0) is 31.2 Å². The predicted octanol–water partition coefficient (Wildman–Crippen LogP) is 4.05. The second kappa shape index (κ2) is 8.46. The van der Waals surface area contributed by atoms with Crippen LogP contribution < -0.4 is 0 Å². The number of carbonyl (C=O) groups excluding carboxylic acids is 1. The molecule has 7 nitrogen and oxygen atoms in total. The first kappa shape index (κ1) is 21.6. The summed E-state index contributed by atoms with van der Waals surface area (Å²) in [5, 5.41) is 4.00. The largest absolute Gasteiger partial charge is 0.416 e. The fourth-order valence-electron chi connectivity index (χ4n) is 3.28. The van der Waals surface area contributed by atoms with E-state index in [4.69, 9.17) is 11.6 Å². The van der Waals surface area contributed by atoms with E-state index in [-0.39, 0.29) is 22.6 Å². The second-order valence-electron chi connectivity index (χ2n) is 6.88. The van der Waals surface area contributed by atoms with E-state index in [2.05, 4.69) is 20.1 Å². The Labute approximate surface area is 184 Å². The van der Waals surface area contributed by atoms with E-state index in [0.717, 1.165) is 12.1 Å². The molecule has 0 N–H and O–H groups in total. The van der Waals surface area contributed by atoms with Crippen LogP contribution in [0.25, 0.3) is 5.95 Å². The van der Waals surface area contributed by atoms with Crippen LogP contribution in [0, 0.1) is 0 Å². The molecule has 1 saturated heterocycles. The Bertz CT molecular complexity index is 1090. The van der Waals surface area contributed by atoms with Crippen LogP contribution >= 0.6 is 23.4 Å². The number of thioether (sulfide) groups is 1. The molecule has 4 rings (SSSR count). The summed E-state index contributed by atoms with van der Waals surface area (Å²) in [4.78, 5) is 27.5. The van der Waals surface area contributed by atoms with Gasteiger partial charge in [0, 0.05) is 34.5 Å². The lowest BCUT2D eigenvalue weighted by atomic mass is 10.1. The molecule has 1 aromatic carbocycles. The first-order valence-corrected chi connectivity index (χ1v) is 10.7. The van der Waals surface area contributed by atoms with E-state index < -0.39 is 23.7 Å². The van der Waals surface area contributed by atoms with Gasteiger partial charge in [0.25, 0.3) is 11.9 Å². The zero-order valence-electron chi connectivity index (χ0n) is 16.1. The van der Waals surface area contributed by atoms with Crippen molar-refractivity contribution in [2.75, 3.05) is 11.5 Å². The van der Waals surface area contributed by atoms with Crippen LogP contribution in [-0.2, 0) is 6.18 Å². The Morgan fingerprint density at radius 2 is 1.94 bits per heavy atom. The van der Waals surface area contributed by atoms with Crippen molar-refractivity contribution in [2.24, 2.45) is 0 Å². The molecule has 0 bridgehead atoms. The van der Waals surface area contributed by atoms with Gasteiger partial charge in [0.15, 0.2) is 5.82 Å². The molecule has 12 heteroatoms. The first-order chi connectivity index (χ1) is 14.8. The van der Waals surface area contributed by atoms with E-state index in [0.29, 0.717) is 17.3 Å². The lowest BCUT2D eigenvalue weighted by Crippen LogP contribution is -2.49. The quantitative estimate of drug-likeness (QED) is 0.562. The van der Waals surface area contributed by atoms with Crippen molar-refractivity contribution >= 4 is 29.3 Å². The van der Waals surface area contributed by atoms with Crippen molar-refractivity contribution in [1.29, 1.82) is 0 Å². The van der Waals surface area contributed by atoms with Crippen molar-refractivity contribution < 1.29 is 18.0 Å². The van der Waals surface area contributed by atoms with Crippen molar-refractivity contribution in [3.63, 3.8) is 0 Å². The summed E-state index contributed by atoms with van der Waals surface area (Å²) in [6.07, 6.45) is -0.196. The monoisotopic (exact) mass is 468 g/mol. The molecule has 1 fully saturated rings. The highest BCUT2D eigenvalue weighted by molar-refractivity contribution is 8.00. The highest BCUT2D eigenvalue weighted by Crippen LogP contribution is 2.35. The van der Waals surface area contributed by atoms with E-state index in [1.807, 2.05) is 0 Å². The van der Waals surface area contributed by atoms with Gasteiger partial charge >= 0.3 is 6.18 Å². The van der Waals surface area contributed by atoms with E-state index in [9.17, 15) is 18.0 Å². The molecule has 2 aromatic heterocycles. The number of rotatable bonds is 5. The summed E-state index contributed by atoms with van der Waals surface area (Å²) in [5.41, 5.74) is -1.11. The lowest BCUT2D eigenvalue weighted by molar-refractivity contribution is -0.137. The second-order valence-corrected chi connectivity index (χ2v) is 8.40. The van der Waals surface area contributed by atoms with Gasteiger partial charge in [0.1, 0.15) is 6.33 Å². The Hall–Kier alpha value is -2.66. The number of hydrogen-bond donors (Lipinski definition) is 0. The third-order valence-corrected chi connectivity index (χ3v) is 6.29. The molecule has 0 saturated carbocycles. The molecule has 31 heavy (non-hydrogen) atoms. The number of nitrogens with zero attached hydrogens (tertiary/aromatic N) is 6. The van der Waals surface area contributed by atoms with Crippen molar-refractivity contribution in [1.82, 2.24) is 29.6 Å². The molecule has 3 aromatic rings. The number of alkyl halides is 3. The van der Waals surface area contributed by atoms with Gasteiger partial charge in [-0.1, -0.05) is 11.6 Å². The summed E-state index contributed by atoms with van der Waals surface area (Å²) in [5.74, 6) is 1.44. The number of amides is 1. The first-order valence-electron chi connectivity index (χ1n) is 9.21. The summed E-state index contributed by atoms with van der Waals surface area (Å²) >= 11 is 7.54. The third kappa shape index (κ3) is 4.38. The van der Waals surface area contributed by atoms with Crippen LogP contribution in [0.5, 0.6) is 0 Å². The minimum absolute atomic E-state index is 0.134. The molecule has 0 spiro atoms. The summed E-state index contributed by atoms with van der Waals surface area (Å²) in [6.45, 7) is 1.75. The maximum absolute atomic E-state index is 13.4. The molecule has 3 heterocycles. The SMILES string of the molecule is CC(c1ncnn1-c1ncccn1)N(C(=O)c1cc(Cl)cc(C(F)(F)F)c1)C1CSC1. The number of carbonyl (C=O) groups is 1. The molecular formula is C19H16ClF3N6OS. The van der Waals surface area contributed by atoms with Crippen LogP contribution in [0.15, 0.2) is 43.0 Å². The van der Waals surface area contributed by atoms with Gasteiger partial charge in [-0.25, -0.2) is 15.0 Å². The Balaban J connectivity index is 1.72. The van der Waals surface area contributed by atoms with E-state index >= 15 is 0 Å². The average Bonchev–Trinajstić information content (AvgIpc) is 3.19. The van der Waals surface area contributed by atoms with Gasteiger partial charge in [0.2, 0.25) is 0 Å². The fraction of sp³-hybridized carbons (Fsp3) is 0.316. The number of hydrogen-bond acceptors (Lipinski definition) is 6. The van der Waals surface area contributed by atoms with E-state index in [1.54, 1.807) is 37.1 Å². The highest BCUT2D eigenvalue weighted by Gasteiger charge is 2.38. The maximum Gasteiger partial charge on any atom is 0.416 e. The minimum Gasteiger partial charge on any atom is -0.324 e. The normalized spacial score (nSPS) is 15.4. The van der Waals surface area contributed by atoms with Crippen LogP contribution in [0.2, 0.25) is 5.02 Å². The summed E-state index contributed by atoms with van der Waals surface area (Å²) in [6, 6.07) is 3.76. The molecule has 1 amide bonds. The lowest BCUT2D eigenvalue weighted by Gasteiger charge is -2.40. The Morgan fingerprint density at radius 1 is 1.23 bits per heavy atom. The Kier molecular flexibility index (Phi) is 5.89. The van der Waals surface area contributed by atoms with Crippen LogP contribution in [-0.4, -0.2) is 53.1 Å². The van der Waals surface area contributed by atoms with Crippen molar-refractivity contribution in [3.05, 3.63) is 65.0 Å². The van der Waals surface area contributed by atoms with E-state index in [1.165, 1.54) is 22.0 Å². The summed E-state index contributed by atoms with van der Waals surface area (Å²) in [7, 11) is 0. The predicted molar refractivity (Wildman–Crippen MR) is 109 cm³/mol. The zero-order valence-corrected chi connectivity index (χ0v) is 17.7. The number of halogens is 4. The Morgan fingerprint density at radius 3 is 2.55 bits per heavy atom.